The molecule has 0 spiro atoms. The molecule has 4 aliphatic rings. The van der Waals surface area contributed by atoms with Gasteiger partial charge >= 0.3 is 6.03 Å². The predicted octanol–water partition coefficient (Wildman–Crippen LogP) is 3.35. The van der Waals surface area contributed by atoms with Gasteiger partial charge in [-0.1, -0.05) is 66.7 Å². The second-order valence-corrected chi connectivity index (χ2v) is 14.6. The summed E-state index contributed by atoms with van der Waals surface area (Å²) in [5.74, 6) is -1.35. The third-order valence-electron chi connectivity index (χ3n) is 9.77. The van der Waals surface area contributed by atoms with Crippen molar-refractivity contribution >= 4 is 29.4 Å². The molecule has 3 saturated carbocycles. The standard InChI is InChI=1S/C30H48N4O5/c1-17(35)23(36)20(15-18-11-12-18)31-25(37)22-21-19(29(21,5)6)16-34(22)26(38)24(28(2,3)4)32-27(39)33-30(7)13-9-8-10-14-30/h18-22,24H,8-16H2,1-7H3,(H,31,37)(H2,32,33,39)/t19-,20-,21-,22-,24+/m0/s1. The minimum Gasteiger partial charge on any atom is -0.344 e. The number of amides is 4. The molecule has 4 rings (SSSR count). The number of rotatable bonds is 9. The first kappa shape index (κ1) is 29.5. The van der Waals surface area contributed by atoms with Gasteiger partial charge in [-0.15, -0.1) is 0 Å². The Kier molecular flexibility index (Phi) is 7.96. The summed E-state index contributed by atoms with van der Waals surface area (Å²) < 4.78 is 0. The van der Waals surface area contributed by atoms with Gasteiger partial charge in [0.15, 0.2) is 5.78 Å². The number of piperidine rings is 1. The molecular weight excluding hydrogens is 496 g/mol. The Morgan fingerprint density at radius 3 is 2.10 bits per heavy atom. The molecule has 39 heavy (non-hydrogen) atoms. The van der Waals surface area contributed by atoms with E-state index in [4.69, 9.17) is 0 Å². The number of ketones is 2. The van der Waals surface area contributed by atoms with Crippen molar-refractivity contribution in [1.82, 2.24) is 20.9 Å². The molecular formula is C30H48N4O5. The van der Waals surface area contributed by atoms with E-state index < -0.39 is 35.1 Å². The summed E-state index contributed by atoms with van der Waals surface area (Å²) in [4.78, 5) is 67.1. The lowest BCUT2D eigenvalue weighted by Gasteiger charge is -2.39. The van der Waals surface area contributed by atoms with Crippen LogP contribution < -0.4 is 16.0 Å². The zero-order chi connectivity index (χ0) is 28.9. The van der Waals surface area contributed by atoms with Crippen LogP contribution in [0, 0.1) is 28.6 Å². The van der Waals surface area contributed by atoms with E-state index in [2.05, 4.69) is 36.7 Å². The lowest BCUT2D eigenvalue weighted by molar-refractivity contribution is -0.145. The number of Topliss-reactive ketones (excluding diaryl/α,β-unsaturated/α-hetero) is 2. The van der Waals surface area contributed by atoms with Gasteiger partial charge in [-0.25, -0.2) is 4.79 Å². The smallest absolute Gasteiger partial charge is 0.315 e. The van der Waals surface area contributed by atoms with Crippen LogP contribution in [0.25, 0.3) is 0 Å². The second-order valence-electron chi connectivity index (χ2n) is 14.6. The fourth-order valence-corrected chi connectivity index (χ4v) is 6.95. The molecule has 0 aromatic rings. The van der Waals surface area contributed by atoms with E-state index in [1.807, 2.05) is 20.8 Å². The summed E-state index contributed by atoms with van der Waals surface area (Å²) in [5, 5.41) is 8.93. The first-order chi connectivity index (χ1) is 18.0. The third-order valence-corrected chi connectivity index (χ3v) is 9.77. The minimum absolute atomic E-state index is 0.0361. The van der Waals surface area contributed by atoms with Gasteiger partial charge in [0.2, 0.25) is 17.6 Å². The maximum atomic E-state index is 14.1. The number of carbonyl (C=O) groups is 5. The molecule has 1 aliphatic heterocycles. The normalized spacial score (nSPS) is 28.5. The van der Waals surface area contributed by atoms with E-state index in [1.54, 1.807) is 4.90 Å². The van der Waals surface area contributed by atoms with Crippen LogP contribution >= 0.6 is 0 Å². The van der Waals surface area contributed by atoms with E-state index in [-0.39, 0.29) is 40.6 Å². The van der Waals surface area contributed by atoms with E-state index in [1.165, 1.54) is 13.3 Å². The fraction of sp³-hybridized carbons (Fsp3) is 0.833. The van der Waals surface area contributed by atoms with Crippen molar-refractivity contribution in [2.75, 3.05) is 6.54 Å². The largest absolute Gasteiger partial charge is 0.344 e. The van der Waals surface area contributed by atoms with Gasteiger partial charge in [0.05, 0.1) is 6.04 Å². The molecule has 1 saturated heterocycles. The highest BCUT2D eigenvalue weighted by Gasteiger charge is 2.70. The molecule has 0 bridgehead atoms. The predicted molar refractivity (Wildman–Crippen MR) is 148 cm³/mol. The molecule has 3 aliphatic carbocycles. The quantitative estimate of drug-likeness (QED) is 0.384. The van der Waals surface area contributed by atoms with Crippen LogP contribution in [-0.2, 0) is 19.2 Å². The monoisotopic (exact) mass is 544 g/mol. The van der Waals surface area contributed by atoms with E-state index in [9.17, 15) is 24.0 Å². The number of carbonyl (C=O) groups excluding carboxylic acids is 5. The van der Waals surface area contributed by atoms with Crippen LogP contribution in [0.5, 0.6) is 0 Å². The van der Waals surface area contributed by atoms with Gasteiger partial charge in [-0.2, -0.15) is 0 Å². The minimum atomic E-state index is -0.862. The average molecular weight is 545 g/mol. The summed E-state index contributed by atoms with van der Waals surface area (Å²) in [6.07, 6.45) is 7.54. The van der Waals surface area contributed by atoms with Crippen molar-refractivity contribution < 1.29 is 24.0 Å². The molecule has 0 aromatic heterocycles. The average Bonchev–Trinajstić information content (AvgIpc) is 3.68. The van der Waals surface area contributed by atoms with Gasteiger partial charge in [0, 0.05) is 19.0 Å². The lowest BCUT2D eigenvalue weighted by Crippen LogP contribution is -2.62. The Balaban J connectivity index is 1.52. The van der Waals surface area contributed by atoms with Crippen LogP contribution in [0.2, 0.25) is 0 Å². The van der Waals surface area contributed by atoms with Crippen molar-refractivity contribution in [1.29, 1.82) is 0 Å². The number of nitrogens with zero attached hydrogens (tertiary/aromatic N) is 1. The molecule has 4 fully saturated rings. The van der Waals surface area contributed by atoms with Gasteiger partial charge in [0.25, 0.3) is 0 Å². The number of nitrogens with one attached hydrogen (secondary N) is 3. The summed E-state index contributed by atoms with van der Waals surface area (Å²) in [5.41, 5.74) is -0.993. The zero-order valence-electron chi connectivity index (χ0n) is 24.8. The molecule has 9 nitrogen and oxygen atoms in total. The van der Waals surface area contributed by atoms with Crippen LogP contribution in [0.1, 0.15) is 99.8 Å². The Morgan fingerprint density at radius 1 is 0.949 bits per heavy atom. The molecule has 0 radical (unpaired) electrons. The highest BCUT2D eigenvalue weighted by molar-refractivity contribution is 6.38. The summed E-state index contributed by atoms with van der Waals surface area (Å²) in [6.45, 7) is 13.6. The summed E-state index contributed by atoms with van der Waals surface area (Å²) in [7, 11) is 0. The number of fused-ring (bicyclic) bond motifs is 1. The fourth-order valence-electron chi connectivity index (χ4n) is 6.95. The number of hydrogen-bond donors (Lipinski definition) is 3. The Hall–Kier alpha value is -2.45. The van der Waals surface area contributed by atoms with Crippen LogP contribution in [0.15, 0.2) is 0 Å². The Labute approximate surface area is 233 Å². The maximum Gasteiger partial charge on any atom is 0.315 e. The molecule has 9 heteroatoms. The highest BCUT2D eigenvalue weighted by Crippen LogP contribution is 2.65. The van der Waals surface area contributed by atoms with E-state index in [0.717, 1.165) is 38.5 Å². The van der Waals surface area contributed by atoms with Gasteiger partial charge in [-0.3, -0.25) is 19.2 Å². The SMILES string of the molecule is CC(=O)C(=O)[C@H](CC1CC1)NC(=O)[C@@H]1[C@@H]2[C@H](CN1C(=O)[C@@H](NC(=O)NC1(C)CCCCC1)C(C)(C)C)C2(C)C. The first-order valence-corrected chi connectivity index (χ1v) is 14.8. The molecule has 218 valence electrons. The van der Waals surface area contributed by atoms with Crippen molar-refractivity contribution in [3.8, 4) is 0 Å². The van der Waals surface area contributed by atoms with Crippen LogP contribution in [-0.4, -0.2) is 64.5 Å². The topological polar surface area (TPSA) is 125 Å². The molecule has 3 N–H and O–H groups in total. The van der Waals surface area contributed by atoms with Crippen LogP contribution in [0.3, 0.4) is 0 Å². The molecule has 4 amide bonds. The summed E-state index contributed by atoms with van der Waals surface area (Å²) >= 11 is 0. The van der Waals surface area contributed by atoms with Crippen molar-refractivity contribution in [3.63, 3.8) is 0 Å². The number of likely N-dealkylation sites (tertiary alicyclic amines) is 1. The van der Waals surface area contributed by atoms with Crippen molar-refractivity contribution in [2.45, 2.75) is 123 Å². The number of hydrogen-bond acceptors (Lipinski definition) is 5. The lowest BCUT2D eigenvalue weighted by atomic mass is 9.83. The van der Waals surface area contributed by atoms with Crippen molar-refractivity contribution in [3.05, 3.63) is 0 Å². The maximum absolute atomic E-state index is 14.1. The van der Waals surface area contributed by atoms with Gasteiger partial charge in [0.1, 0.15) is 12.1 Å². The Bertz CT molecular complexity index is 1020. The Morgan fingerprint density at radius 2 is 1.56 bits per heavy atom. The van der Waals surface area contributed by atoms with Gasteiger partial charge < -0.3 is 20.9 Å². The second kappa shape index (κ2) is 10.5. The molecule has 1 heterocycles. The van der Waals surface area contributed by atoms with Crippen molar-refractivity contribution in [2.24, 2.45) is 28.6 Å². The molecule has 0 aromatic carbocycles. The third kappa shape index (κ3) is 6.32. The number of urea groups is 1. The van der Waals surface area contributed by atoms with E-state index in [0.29, 0.717) is 18.9 Å². The van der Waals surface area contributed by atoms with Crippen LogP contribution in [0.4, 0.5) is 4.79 Å². The van der Waals surface area contributed by atoms with Gasteiger partial charge in [-0.05, 0) is 54.8 Å². The summed E-state index contributed by atoms with van der Waals surface area (Å²) in [6, 6.07) is -2.81. The molecule has 0 unspecified atom stereocenters. The van der Waals surface area contributed by atoms with E-state index >= 15 is 0 Å². The molecule has 5 atom stereocenters. The first-order valence-electron chi connectivity index (χ1n) is 14.8. The highest BCUT2D eigenvalue weighted by atomic mass is 16.2. The zero-order valence-corrected chi connectivity index (χ0v) is 24.8.